The zero-order valence-electron chi connectivity index (χ0n) is 31.0. The first kappa shape index (κ1) is 34.3. The lowest BCUT2D eigenvalue weighted by atomic mass is 9.31. The van der Waals surface area contributed by atoms with Gasteiger partial charge in [0.2, 0.25) is 0 Å². The van der Waals surface area contributed by atoms with Gasteiger partial charge in [-0.05, 0) is 121 Å². The number of hydrogen-bond donors (Lipinski definition) is 0. The zero-order chi connectivity index (χ0) is 32.3. The number of fused-ring (bicyclic) bond motifs is 5. The fourth-order valence-corrected chi connectivity index (χ4v) is 14.0. The van der Waals surface area contributed by atoms with E-state index in [1.54, 1.807) is 0 Å². The SMILES string of the molecule is CCCCCCCCCCCC(=O)O[C@H]1CC[C@]2(C)[C@H]3CC[C@@H]4[C@@H]5[C@H]6OC[C@@]5(CCC6(C)C)CC[C@@]4(C)[C@]3(C)CC[C@H]2C1(C)C. The molecule has 10 atom stereocenters. The maximum absolute atomic E-state index is 13.1. The van der Waals surface area contributed by atoms with Gasteiger partial charge in [0.15, 0.2) is 0 Å². The molecule has 6 aliphatic rings. The molecule has 0 aromatic carbocycles. The molecule has 0 N–H and O–H groups in total. The van der Waals surface area contributed by atoms with E-state index in [0.29, 0.717) is 45.5 Å². The number of carbonyl (C=O) groups is 1. The first-order valence-electron chi connectivity index (χ1n) is 20.1. The van der Waals surface area contributed by atoms with Crippen LogP contribution in [0.25, 0.3) is 0 Å². The van der Waals surface area contributed by atoms with Crippen molar-refractivity contribution < 1.29 is 14.3 Å². The molecule has 5 aliphatic carbocycles. The molecule has 0 aromatic heterocycles. The minimum atomic E-state index is 0.0389. The van der Waals surface area contributed by atoms with E-state index in [2.05, 4.69) is 55.4 Å². The molecule has 0 spiro atoms. The first-order chi connectivity index (χ1) is 21.3. The fourth-order valence-electron chi connectivity index (χ4n) is 14.0. The zero-order valence-corrected chi connectivity index (χ0v) is 31.0. The predicted octanol–water partition coefficient (Wildman–Crippen LogP) is 11.7. The number of esters is 1. The average molecular weight is 625 g/mol. The van der Waals surface area contributed by atoms with Crippen molar-refractivity contribution in [2.75, 3.05) is 6.61 Å². The van der Waals surface area contributed by atoms with E-state index in [1.165, 1.54) is 109 Å². The Labute approximate surface area is 278 Å². The quantitative estimate of drug-likeness (QED) is 0.169. The van der Waals surface area contributed by atoms with Crippen molar-refractivity contribution in [1.29, 1.82) is 0 Å². The Balaban J connectivity index is 1.09. The largest absolute Gasteiger partial charge is 0.462 e. The molecule has 0 unspecified atom stereocenters. The molecule has 6 fully saturated rings. The highest BCUT2D eigenvalue weighted by molar-refractivity contribution is 5.69. The van der Waals surface area contributed by atoms with Gasteiger partial charge in [0, 0.05) is 11.8 Å². The molecule has 0 aromatic rings. The molecule has 3 nitrogen and oxygen atoms in total. The molecule has 1 aliphatic heterocycles. The Morgan fingerprint density at radius 2 is 1.36 bits per heavy atom. The highest BCUT2D eigenvalue weighted by atomic mass is 16.5. The summed E-state index contributed by atoms with van der Waals surface area (Å²) in [4.78, 5) is 13.1. The second-order valence-electron chi connectivity index (χ2n) is 19.7. The molecular weight excluding hydrogens is 552 g/mol. The van der Waals surface area contributed by atoms with E-state index in [4.69, 9.17) is 9.47 Å². The minimum Gasteiger partial charge on any atom is -0.462 e. The molecular formula is C42H72O3. The summed E-state index contributed by atoms with van der Waals surface area (Å²) >= 11 is 0. The van der Waals surface area contributed by atoms with Gasteiger partial charge in [-0.25, -0.2) is 0 Å². The summed E-state index contributed by atoms with van der Waals surface area (Å²) in [7, 11) is 0. The van der Waals surface area contributed by atoms with Gasteiger partial charge in [-0.2, -0.15) is 0 Å². The second kappa shape index (κ2) is 12.4. The van der Waals surface area contributed by atoms with Crippen LogP contribution in [-0.4, -0.2) is 24.8 Å². The van der Waals surface area contributed by atoms with Crippen molar-refractivity contribution in [3.8, 4) is 0 Å². The maximum atomic E-state index is 13.1. The van der Waals surface area contributed by atoms with Crippen molar-refractivity contribution in [3.63, 3.8) is 0 Å². The molecule has 258 valence electrons. The highest BCUT2D eigenvalue weighted by Crippen LogP contribution is 2.78. The van der Waals surface area contributed by atoms with Gasteiger partial charge in [-0.15, -0.1) is 0 Å². The van der Waals surface area contributed by atoms with Gasteiger partial charge in [0.1, 0.15) is 6.10 Å². The van der Waals surface area contributed by atoms with E-state index in [1.807, 2.05) is 0 Å². The average Bonchev–Trinajstić information content (AvgIpc) is 3.32. The van der Waals surface area contributed by atoms with Crippen LogP contribution >= 0.6 is 0 Å². The smallest absolute Gasteiger partial charge is 0.306 e. The molecule has 0 radical (unpaired) electrons. The molecule has 3 heteroatoms. The molecule has 1 heterocycles. The topological polar surface area (TPSA) is 35.5 Å². The van der Waals surface area contributed by atoms with Crippen molar-refractivity contribution in [2.45, 2.75) is 196 Å². The van der Waals surface area contributed by atoms with E-state index in [9.17, 15) is 4.79 Å². The van der Waals surface area contributed by atoms with Crippen LogP contribution in [0.15, 0.2) is 0 Å². The number of unbranched alkanes of at least 4 members (excludes halogenated alkanes) is 8. The third kappa shape index (κ3) is 5.50. The van der Waals surface area contributed by atoms with Gasteiger partial charge in [-0.3, -0.25) is 4.79 Å². The van der Waals surface area contributed by atoms with Crippen LogP contribution in [0.1, 0.15) is 184 Å². The Morgan fingerprint density at radius 1 is 0.689 bits per heavy atom. The monoisotopic (exact) mass is 625 g/mol. The summed E-state index contributed by atoms with van der Waals surface area (Å²) in [6.45, 7) is 21.4. The lowest BCUT2D eigenvalue weighted by Gasteiger charge is -2.73. The second-order valence-corrected chi connectivity index (χ2v) is 19.7. The Bertz CT molecular complexity index is 1060. The van der Waals surface area contributed by atoms with Crippen LogP contribution in [0, 0.1) is 56.2 Å². The standard InChI is InChI=1S/C42H72O3/c1-9-10-11-12-13-14-15-16-17-18-34(43)45-33-22-23-39(6)31(38(33,4)5)21-24-41(8)32(39)20-19-30-35-36-37(2,3)25-27-42(35,29-44-36)28-26-40(30,41)7/h30-33,35-36H,9-29H2,1-8H3/t30-,31+,32-,33+,35-,36-,39+,40-,41-,42-/m1/s1. The summed E-state index contributed by atoms with van der Waals surface area (Å²) in [5.74, 6) is 3.04. The van der Waals surface area contributed by atoms with Crippen LogP contribution in [-0.2, 0) is 14.3 Å². The van der Waals surface area contributed by atoms with Crippen molar-refractivity contribution >= 4 is 5.97 Å². The molecule has 1 saturated heterocycles. The van der Waals surface area contributed by atoms with Crippen molar-refractivity contribution in [2.24, 2.45) is 56.2 Å². The Morgan fingerprint density at radius 3 is 2.07 bits per heavy atom. The van der Waals surface area contributed by atoms with Gasteiger partial charge in [0.05, 0.1) is 12.7 Å². The minimum absolute atomic E-state index is 0.0389. The van der Waals surface area contributed by atoms with Gasteiger partial charge < -0.3 is 9.47 Å². The normalized spacial score (nSPS) is 46.0. The van der Waals surface area contributed by atoms with Gasteiger partial charge in [-0.1, -0.05) is 107 Å². The number of carbonyl (C=O) groups excluding carboxylic acids is 1. The van der Waals surface area contributed by atoms with Crippen LogP contribution in [0.3, 0.4) is 0 Å². The molecule has 5 saturated carbocycles. The number of rotatable bonds is 11. The Kier molecular flexibility index (Phi) is 9.45. The summed E-state index contributed by atoms with van der Waals surface area (Å²) < 4.78 is 13.2. The molecule has 6 rings (SSSR count). The summed E-state index contributed by atoms with van der Waals surface area (Å²) in [6.07, 6.45) is 25.9. The fraction of sp³-hybridized carbons (Fsp3) is 0.976. The third-order valence-electron chi connectivity index (χ3n) is 16.8. The lowest BCUT2D eigenvalue weighted by molar-refractivity contribution is -0.254. The molecule has 2 bridgehead atoms. The first-order valence-corrected chi connectivity index (χ1v) is 20.1. The number of hydrogen-bond acceptors (Lipinski definition) is 3. The van der Waals surface area contributed by atoms with Gasteiger partial charge in [0.25, 0.3) is 0 Å². The predicted molar refractivity (Wildman–Crippen MR) is 186 cm³/mol. The lowest BCUT2D eigenvalue weighted by Crippen LogP contribution is -2.67. The third-order valence-corrected chi connectivity index (χ3v) is 16.8. The summed E-state index contributed by atoms with van der Waals surface area (Å²) in [5.41, 5.74) is 1.95. The van der Waals surface area contributed by atoms with E-state index >= 15 is 0 Å². The Hall–Kier alpha value is -0.570. The summed E-state index contributed by atoms with van der Waals surface area (Å²) in [5, 5.41) is 0. The van der Waals surface area contributed by atoms with E-state index in [0.717, 1.165) is 37.2 Å². The molecule has 45 heavy (non-hydrogen) atoms. The number of ether oxygens (including phenoxy) is 2. The van der Waals surface area contributed by atoms with Gasteiger partial charge >= 0.3 is 5.97 Å². The van der Waals surface area contributed by atoms with Crippen LogP contribution in [0.5, 0.6) is 0 Å². The highest BCUT2D eigenvalue weighted by Gasteiger charge is 2.72. The van der Waals surface area contributed by atoms with Crippen molar-refractivity contribution in [1.82, 2.24) is 0 Å². The molecule has 0 amide bonds. The summed E-state index contributed by atoms with van der Waals surface area (Å²) in [6, 6.07) is 0. The van der Waals surface area contributed by atoms with Crippen LogP contribution < -0.4 is 0 Å². The van der Waals surface area contributed by atoms with Crippen LogP contribution in [0.2, 0.25) is 0 Å². The maximum Gasteiger partial charge on any atom is 0.306 e. The van der Waals surface area contributed by atoms with E-state index < -0.39 is 0 Å². The van der Waals surface area contributed by atoms with E-state index in [-0.39, 0.29) is 17.5 Å². The van der Waals surface area contributed by atoms with Crippen LogP contribution in [0.4, 0.5) is 0 Å². The van der Waals surface area contributed by atoms with Crippen molar-refractivity contribution in [3.05, 3.63) is 0 Å².